The third-order valence-electron chi connectivity index (χ3n) is 6.13. The van der Waals surface area contributed by atoms with E-state index in [-0.39, 0.29) is 0 Å². The molecular formula is C22H31BN2O6. The maximum absolute atomic E-state index is 11.4. The smallest absolute Gasteiger partial charge is 0.479 e. The molecular weight excluding hydrogens is 399 g/mol. The van der Waals surface area contributed by atoms with Crippen molar-refractivity contribution in [2.75, 3.05) is 0 Å². The Morgan fingerprint density at radius 2 is 1.71 bits per heavy atom. The van der Waals surface area contributed by atoms with Gasteiger partial charge in [0.15, 0.2) is 6.10 Å². The van der Waals surface area contributed by atoms with Crippen LogP contribution in [-0.4, -0.2) is 45.3 Å². The number of aryl methyl sites for hydroxylation is 3. The largest absolute Gasteiger partial charge is 0.498 e. The van der Waals surface area contributed by atoms with Crippen LogP contribution in [0.1, 0.15) is 51.4 Å². The van der Waals surface area contributed by atoms with Crippen molar-refractivity contribution in [1.29, 1.82) is 0 Å². The average Bonchev–Trinajstić information content (AvgIpc) is 3.01. The maximum atomic E-state index is 11.4. The molecule has 0 bridgehead atoms. The molecule has 0 spiro atoms. The molecule has 31 heavy (non-hydrogen) atoms. The molecule has 1 aromatic heterocycles. The Kier molecular flexibility index (Phi) is 5.88. The molecule has 0 amide bonds. The number of rotatable bonds is 6. The highest BCUT2D eigenvalue weighted by Crippen LogP contribution is 2.38. The normalized spacial score (nSPS) is 18.2. The molecule has 0 aliphatic carbocycles. The highest BCUT2D eigenvalue weighted by atomic mass is 16.7. The number of hydrogen-bond acceptors (Lipinski definition) is 6. The third kappa shape index (κ3) is 4.29. The van der Waals surface area contributed by atoms with Gasteiger partial charge in [0.05, 0.1) is 16.9 Å². The first kappa shape index (κ1) is 23.2. The van der Waals surface area contributed by atoms with Gasteiger partial charge in [0, 0.05) is 24.1 Å². The monoisotopic (exact) mass is 430 g/mol. The first-order valence-electron chi connectivity index (χ1n) is 10.3. The molecule has 1 aliphatic rings. The second-order valence-electron chi connectivity index (χ2n) is 9.08. The molecule has 9 heteroatoms. The third-order valence-corrected chi connectivity index (χ3v) is 6.13. The summed E-state index contributed by atoms with van der Waals surface area (Å²) in [5, 5.41) is 13.8. The van der Waals surface area contributed by atoms with Crippen molar-refractivity contribution in [3.8, 4) is 17.4 Å². The molecule has 0 saturated carbocycles. The number of carboxylic acid groups (broad SMARTS) is 1. The fraction of sp³-hybridized carbons (Fsp3) is 0.545. The van der Waals surface area contributed by atoms with Gasteiger partial charge in [0.1, 0.15) is 11.5 Å². The molecule has 8 nitrogen and oxygen atoms in total. The van der Waals surface area contributed by atoms with Crippen LogP contribution >= 0.6 is 0 Å². The topological polar surface area (TPSA) is 92.0 Å². The van der Waals surface area contributed by atoms with Crippen LogP contribution in [0, 0.1) is 20.8 Å². The van der Waals surface area contributed by atoms with Crippen LogP contribution in [-0.2, 0) is 21.2 Å². The van der Waals surface area contributed by atoms with E-state index in [1.54, 1.807) is 10.7 Å². The molecule has 168 valence electrons. The first-order valence-corrected chi connectivity index (χ1v) is 10.3. The number of ether oxygens (including phenoxy) is 2. The zero-order valence-electron chi connectivity index (χ0n) is 19.7. The summed E-state index contributed by atoms with van der Waals surface area (Å²) in [5.41, 5.74) is 2.17. The minimum Gasteiger partial charge on any atom is -0.479 e. The summed E-state index contributed by atoms with van der Waals surface area (Å²) < 4.78 is 26.0. The molecule has 1 N–H and O–H groups in total. The van der Waals surface area contributed by atoms with Crippen LogP contribution < -0.4 is 14.9 Å². The SMILES string of the molecule is Cc1cc(B2OC(C)(C)C(C)(C)O2)c(O[C@@H](C)C(=O)O)cc1Oc1c(C)c(C)nn1C. The number of carbonyl (C=O) groups is 1. The summed E-state index contributed by atoms with van der Waals surface area (Å²) in [6, 6.07) is 3.55. The highest BCUT2D eigenvalue weighted by molar-refractivity contribution is 6.63. The molecule has 2 heterocycles. The van der Waals surface area contributed by atoms with Gasteiger partial charge in [0.2, 0.25) is 5.88 Å². The van der Waals surface area contributed by atoms with Gasteiger partial charge < -0.3 is 23.9 Å². The van der Waals surface area contributed by atoms with Crippen molar-refractivity contribution in [3.05, 3.63) is 29.0 Å². The minimum absolute atomic E-state index is 0.338. The van der Waals surface area contributed by atoms with E-state index in [4.69, 9.17) is 18.8 Å². The Balaban J connectivity index is 2.05. The predicted octanol–water partition coefficient (Wildman–Crippen LogP) is 3.29. The Hall–Kier alpha value is -2.52. The Morgan fingerprint density at radius 3 is 2.19 bits per heavy atom. The van der Waals surface area contributed by atoms with E-state index in [2.05, 4.69) is 5.10 Å². The van der Waals surface area contributed by atoms with Gasteiger partial charge in [-0.15, -0.1) is 0 Å². The maximum Gasteiger partial charge on any atom is 0.498 e. The average molecular weight is 430 g/mol. The molecule has 1 atom stereocenters. The number of aliphatic carboxylic acids is 1. The van der Waals surface area contributed by atoms with Gasteiger partial charge in [-0.05, 0) is 61.0 Å². The van der Waals surface area contributed by atoms with Crippen LogP contribution in [0.3, 0.4) is 0 Å². The molecule has 0 unspecified atom stereocenters. The Bertz CT molecular complexity index is 998. The van der Waals surface area contributed by atoms with Crippen molar-refractivity contribution < 1.29 is 28.7 Å². The van der Waals surface area contributed by atoms with Crippen molar-refractivity contribution in [2.24, 2.45) is 7.05 Å². The fourth-order valence-electron chi connectivity index (χ4n) is 3.29. The summed E-state index contributed by atoms with van der Waals surface area (Å²) in [6.07, 6.45) is -1.06. The summed E-state index contributed by atoms with van der Waals surface area (Å²) in [7, 11) is 1.11. The molecule has 3 rings (SSSR count). The lowest BCUT2D eigenvalue weighted by molar-refractivity contribution is -0.144. The second kappa shape index (κ2) is 7.87. The van der Waals surface area contributed by atoms with Crippen LogP contribution in [0.4, 0.5) is 0 Å². The standard InChI is InChI=1S/C22H31BN2O6/c1-12-10-16(23-30-21(5,6)22(7,8)31-23)18(28-15(4)20(26)27)11-17(12)29-19-13(2)14(3)24-25(19)9/h10-11,15H,1-9H3,(H,26,27)/t15-/m0/s1. The molecule has 2 aromatic rings. The van der Waals surface area contributed by atoms with Crippen molar-refractivity contribution in [3.63, 3.8) is 0 Å². The van der Waals surface area contributed by atoms with Crippen LogP contribution in [0.5, 0.6) is 17.4 Å². The fourth-order valence-corrected chi connectivity index (χ4v) is 3.29. The van der Waals surface area contributed by atoms with Crippen LogP contribution in [0.25, 0.3) is 0 Å². The summed E-state index contributed by atoms with van der Waals surface area (Å²) in [4.78, 5) is 11.4. The Morgan fingerprint density at radius 1 is 1.13 bits per heavy atom. The van der Waals surface area contributed by atoms with E-state index in [0.717, 1.165) is 16.8 Å². The van der Waals surface area contributed by atoms with Gasteiger partial charge in [-0.2, -0.15) is 5.10 Å². The van der Waals surface area contributed by atoms with Crippen LogP contribution in [0.15, 0.2) is 12.1 Å². The van der Waals surface area contributed by atoms with Crippen LogP contribution in [0.2, 0.25) is 0 Å². The number of nitrogens with zero attached hydrogens (tertiary/aromatic N) is 2. The zero-order chi connectivity index (χ0) is 23.3. The van der Waals surface area contributed by atoms with Gasteiger partial charge in [-0.25, -0.2) is 9.48 Å². The van der Waals surface area contributed by atoms with Crippen molar-refractivity contribution >= 4 is 18.6 Å². The predicted molar refractivity (Wildman–Crippen MR) is 117 cm³/mol. The number of aromatic nitrogens is 2. The number of carboxylic acids is 1. The van der Waals surface area contributed by atoms with E-state index in [0.29, 0.717) is 22.8 Å². The molecule has 1 aliphatic heterocycles. The second-order valence-corrected chi connectivity index (χ2v) is 9.08. The zero-order valence-corrected chi connectivity index (χ0v) is 19.7. The van der Waals surface area contributed by atoms with E-state index in [9.17, 15) is 9.90 Å². The van der Waals surface area contributed by atoms with Crippen molar-refractivity contribution in [1.82, 2.24) is 9.78 Å². The molecule has 1 aromatic carbocycles. The van der Waals surface area contributed by atoms with E-state index < -0.39 is 30.4 Å². The Labute approximate surface area is 183 Å². The molecule has 0 radical (unpaired) electrons. The summed E-state index contributed by atoms with van der Waals surface area (Å²) >= 11 is 0. The molecule has 1 saturated heterocycles. The summed E-state index contributed by atoms with van der Waals surface area (Å²) in [5.74, 6) is 0.423. The molecule has 1 fully saturated rings. The number of benzene rings is 1. The minimum atomic E-state index is -1.07. The van der Waals surface area contributed by atoms with Crippen molar-refractivity contribution in [2.45, 2.75) is 72.7 Å². The van der Waals surface area contributed by atoms with Gasteiger partial charge in [-0.3, -0.25) is 0 Å². The lowest BCUT2D eigenvalue weighted by atomic mass is 9.77. The quantitative estimate of drug-likeness (QED) is 0.704. The van der Waals surface area contributed by atoms with Gasteiger partial charge >= 0.3 is 13.1 Å². The lowest BCUT2D eigenvalue weighted by Crippen LogP contribution is -2.41. The lowest BCUT2D eigenvalue weighted by Gasteiger charge is -2.32. The summed E-state index contributed by atoms with van der Waals surface area (Å²) in [6.45, 7) is 15.1. The first-order chi connectivity index (χ1) is 14.2. The van der Waals surface area contributed by atoms with Gasteiger partial charge in [-0.1, -0.05) is 6.07 Å². The highest BCUT2D eigenvalue weighted by Gasteiger charge is 2.52. The van der Waals surface area contributed by atoms with E-state index >= 15 is 0 Å². The van der Waals surface area contributed by atoms with Gasteiger partial charge in [0.25, 0.3) is 0 Å². The number of hydrogen-bond donors (Lipinski definition) is 1. The van der Waals surface area contributed by atoms with E-state index in [1.807, 2.05) is 61.6 Å². The van der Waals surface area contributed by atoms with E-state index in [1.165, 1.54) is 6.92 Å².